The summed E-state index contributed by atoms with van der Waals surface area (Å²) in [6.07, 6.45) is 2.81. The van der Waals surface area contributed by atoms with Gasteiger partial charge in [-0.15, -0.1) is 0 Å². The zero-order valence-corrected chi connectivity index (χ0v) is 11.7. The van der Waals surface area contributed by atoms with Crippen molar-refractivity contribution in [2.75, 3.05) is 10.5 Å². The number of nitrogens with zero attached hydrogens (tertiary/aromatic N) is 3. The van der Waals surface area contributed by atoms with Crippen molar-refractivity contribution in [1.29, 1.82) is 0 Å². The van der Waals surface area contributed by atoms with Crippen molar-refractivity contribution in [2.24, 2.45) is 7.05 Å². The molecule has 0 aromatic carbocycles. The molecule has 0 bridgehead atoms. The van der Waals surface area contributed by atoms with E-state index in [2.05, 4.69) is 30.7 Å². The summed E-state index contributed by atoms with van der Waals surface area (Å²) >= 11 is 3.20. The molecule has 0 atom stereocenters. The SMILES string of the molecule is Cn1cc(S(=O)(=O)Nc2ncccc2Br)c(N)n1. The van der Waals surface area contributed by atoms with E-state index in [0.29, 0.717) is 4.47 Å². The van der Waals surface area contributed by atoms with Crippen molar-refractivity contribution in [3.63, 3.8) is 0 Å². The smallest absolute Gasteiger partial charge is 0.268 e. The molecule has 2 rings (SSSR count). The summed E-state index contributed by atoms with van der Waals surface area (Å²) in [5.41, 5.74) is 5.54. The predicted molar refractivity (Wildman–Crippen MR) is 70.4 cm³/mol. The van der Waals surface area contributed by atoms with Crippen LogP contribution >= 0.6 is 15.9 Å². The monoisotopic (exact) mass is 331 g/mol. The van der Waals surface area contributed by atoms with Crippen LogP contribution in [0.2, 0.25) is 0 Å². The summed E-state index contributed by atoms with van der Waals surface area (Å²) in [6.45, 7) is 0. The summed E-state index contributed by atoms with van der Waals surface area (Å²) in [7, 11) is -2.21. The standard InChI is InChI=1S/C9H10BrN5O2S/c1-15-5-7(8(11)13-15)18(16,17)14-9-6(10)3-2-4-12-9/h2-5H,1H3,(H2,11,13)(H,12,14). The molecule has 7 nitrogen and oxygen atoms in total. The Bertz CT molecular complexity index is 682. The van der Waals surface area contributed by atoms with Crippen LogP contribution in [0.25, 0.3) is 0 Å². The van der Waals surface area contributed by atoms with E-state index < -0.39 is 10.0 Å². The molecular weight excluding hydrogens is 322 g/mol. The van der Waals surface area contributed by atoms with Crippen LogP contribution in [0.15, 0.2) is 33.9 Å². The van der Waals surface area contributed by atoms with Gasteiger partial charge in [0, 0.05) is 19.4 Å². The summed E-state index contributed by atoms with van der Waals surface area (Å²) < 4.78 is 28.4. The van der Waals surface area contributed by atoms with Gasteiger partial charge < -0.3 is 5.73 Å². The molecule has 0 unspecified atom stereocenters. The maximum Gasteiger partial charge on any atom is 0.268 e. The lowest BCUT2D eigenvalue weighted by Crippen LogP contribution is -2.15. The number of halogens is 1. The van der Waals surface area contributed by atoms with Crippen molar-refractivity contribution in [1.82, 2.24) is 14.8 Å². The normalized spacial score (nSPS) is 11.4. The van der Waals surface area contributed by atoms with Crippen LogP contribution < -0.4 is 10.5 Å². The number of nitrogen functional groups attached to an aromatic ring is 1. The number of hydrogen-bond acceptors (Lipinski definition) is 5. The second kappa shape index (κ2) is 4.58. The summed E-state index contributed by atoms with van der Waals surface area (Å²) in [5, 5.41) is 3.78. The summed E-state index contributed by atoms with van der Waals surface area (Å²) in [4.78, 5) is 3.84. The Hall–Kier alpha value is -1.61. The van der Waals surface area contributed by atoms with E-state index in [4.69, 9.17) is 5.73 Å². The zero-order chi connectivity index (χ0) is 13.3. The van der Waals surface area contributed by atoms with Gasteiger partial charge in [0.1, 0.15) is 4.90 Å². The maximum atomic E-state index is 12.1. The fourth-order valence-corrected chi connectivity index (χ4v) is 2.95. The van der Waals surface area contributed by atoms with Gasteiger partial charge >= 0.3 is 0 Å². The van der Waals surface area contributed by atoms with Crippen LogP contribution in [-0.4, -0.2) is 23.2 Å². The lowest BCUT2D eigenvalue weighted by Gasteiger charge is -2.07. The van der Waals surface area contributed by atoms with Crippen LogP contribution in [0.4, 0.5) is 11.6 Å². The van der Waals surface area contributed by atoms with Gasteiger partial charge in [-0.1, -0.05) is 0 Å². The average molecular weight is 332 g/mol. The van der Waals surface area contributed by atoms with Crippen LogP contribution in [0.5, 0.6) is 0 Å². The van der Waals surface area contributed by atoms with Crippen LogP contribution in [0.3, 0.4) is 0 Å². The Morgan fingerprint density at radius 2 is 2.22 bits per heavy atom. The third-order valence-corrected chi connectivity index (χ3v) is 4.10. The van der Waals surface area contributed by atoms with E-state index in [1.54, 1.807) is 19.2 Å². The van der Waals surface area contributed by atoms with Crippen LogP contribution in [-0.2, 0) is 17.1 Å². The molecule has 0 aliphatic rings. The first kappa shape index (κ1) is 12.8. The molecule has 2 aromatic heterocycles. The summed E-state index contributed by atoms with van der Waals surface area (Å²) in [5.74, 6) is 0.137. The first-order chi connectivity index (χ1) is 8.40. The van der Waals surface area contributed by atoms with Crippen molar-refractivity contribution in [3.05, 3.63) is 29.0 Å². The topological polar surface area (TPSA) is 103 Å². The van der Waals surface area contributed by atoms with E-state index in [-0.39, 0.29) is 16.5 Å². The molecule has 2 heterocycles. The molecule has 18 heavy (non-hydrogen) atoms. The lowest BCUT2D eigenvalue weighted by molar-refractivity contribution is 0.601. The summed E-state index contributed by atoms with van der Waals surface area (Å²) in [6, 6.07) is 3.36. The molecule has 0 aliphatic heterocycles. The largest absolute Gasteiger partial charge is 0.381 e. The average Bonchev–Trinajstić information content (AvgIpc) is 2.62. The van der Waals surface area contributed by atoms with E-state index in [0.717, 1.165) is 0 Å². The Kier molecular flexibility index (Phi) is 3.26. The van der Waals surface area contributed by atoms with Gasteiger partial charge in [0.25, 0.3) is 10.0 Å². The molecule has 2 aromatic rings. The first-order valence-corrected chi connectivity index (χ1v) is 7.10. The maximum absolute atomic E-state index is 12.1. The number of aryl methyl sites for hydroxylation is 1. The van der Waals surface area contributed by atoms with Crippen molar-refractivity contribution in [3.8, 4) is 0 Å². The molecule has 96 valence electrons. The number of anilines is 2. The minimum atomic E-state index is -3.80. The molecular formula is C9H10BrN5O2S. The highest BCUT2D eigenvalue weighted by molar-refractivity contribution is 9.10. The number of pyridine rings is 1. The highest BCUT2D eigenvalue weighted by Gasteiger charge is 2.21. The first-order valence-electron chi connectivity index (χ1n) is 4.82. The van der Waals surface area contributed by atoms with Gasteiger partial charge in [0.15, 0.2) is 11.6 Å². The zero-order valence-electron chi connectivity index (χ0n) is 9.33. The van der Waals surface area contributed by atoms with Gasteiger partial charge in [-0.3, -0.25) is 9.40 Å². The molecule has 0 saturated heterocycles. The Labute approximate surface area is 112 Å². The predicted octanol–water partition coefficient (Wildman–Crippen LogP) is 0.961. The Morgan fingerprint density at radius 1 is 1.50 bits per heavy atom. The third-order valence-electron chi connectivity index (χ3n) is 2.10. The molecule has 0 spiro atoms. The highest BCUT2D eigenvalue weighted by Crippen LogP contribution is 2.23. The van der Waals surface area contributed by atoms with Crippen LogP contribution in [0.1, 0.15) is 0 Å². The van der Waals surface area contributed by atoms with Crippen molar-refractivity contribution in [2.45, 2.75) is 4.90 Å². The fourth-order valence-electron chi connectivity index (χ4n) is 1.33. The van der Waals surface area contributed by atoms with E-state index >= 15 is 0 Å². The number of nitrogens with one attached hydrogen (secondary N) is 1. The van der Waals surface area contributed by atoms with Gasteiger partial charge in [0.2, 0.25) is 0 Å². The molecule has 0 aliphatic carbocycles. The molecule has 0 amide bonds. The van der Waals surface area contributed by atoms with E-state index in [1.807, 2.05) is 0 Å². The molecule has 3 N–H and O–H groups in total. The lowest BCUT2D eigenvalue weighted by atomic mass is 10.5. The number of nitrogens with two attached hydrogens (primary N) is 1. The second-order valence-corrected chi connectivity index (χ2v) is 6.00. The number of aromatic nitrogens is 3. The number of rotatable bonds is 3. The number of hydrogen-bond donors (Lipinski definition) is 2. The highest BCUT2D eigenvalue weighted by atomic mass is 79.9. The second-order valence-electron chi connectivity index (χ2n) is 3.49. The van der Waals surface area contributed by atoms with Gasteiger partial charge in [-0.2, -0.15) is 5.10 Å². The Morgan fingerprint density at radius 3 is 2.78 bits per heavy atom. The molecule has 0 fully saturated rings. The van der Waals surface area contributed by atoms with Gasteiger partial charge in [0.05, 0.1) is 4.47 Å². The molecule has 9 heteroatoms. The van der Waals surface area contributed by atoms with Gasteiger partial charge in [-0.05, 0) is 28.1 Å². The van der Waals surface area contributed by atoms with Crippen molar-refractivity contribution >= 4 is 37.6 Å². The minimum Gasteiger partial charge on any atom is -0.381 e. The molecule has 0 radical (unpaired) electrons. The molecule has 0 saturated carbocycles. The minimum absolute atomic E-state index is 0.0583. The van der Waals surface area contributed by atoms with E-state index in [9.17, 15) is 8.42 Å². The number of sulfonamides is 1. The van der Waals surface area contributed by atoms with E-state index in [1.165, 1.54) is 17.1 Å². The fraction of sp³-hybridized carbons (Fsp3) is 0.111. The van der Waals surface area contributed by atoms with Gasteiger partial charge in [-0.25, -0.2) is 13.4 Å². The van der Waals surface area contributed by atoms with Crippen LogP contribution in [0, 0.1) is 0 Å². The van der Waals surface area contributed by atoms with Crippen molar-refractivity contribution < 1.29 is 8.42 Å². The Balaban J connectivity index is 2.40. The third kappa shape index (κ3) is 2.46. The quantitative estimate of drug-likeness (QED) is 0.871.